The summed E-state index contributed by atoms with van der Waals surface area (Å²) in [5.74, 6) is 0.377. The lowest BCUT2D eigenvalue weighted by molar-refractivity contribution is -0.202. The Bertz CT molecular complexity index is 1070. The maximum Gasteiger partial charge on any atom is 0.415 e. The number of aliphatic hydroxyl groups is 2. The van der Waals surface area contributed by atoms with Crippen LogP contribution in [0.5, 0.6) is 0 Å². The standard InChI is InChI=1S/C25H31BrF3N5O3/c1-15-10-19(36)23-22(15)24(32-14-31-23)34-8-6-33(7-9-34)21(30-12-20(37)25(27,28)29)11-17(13-35)16-2-4-18(26)5-3-16/h2-5,13-15,17,19-21,30,36-37H,6-12H2,1H3/t15-,17+,19-,20?,21?/m1/s1. The molecule has 8 nitrogen and oxygen atoms in total. The molecule has 1 aromatic heterocycles. The van der Waals surface area contributed by atoms with Crippen molar-refractivity contribution in [2.24, 2.45) is 0 Å². The summed E-state index contributed by atoms with van der Waals surface area (Å²) in [4.78, 5) is 24.8. The zero-order valence-corrected chi connectivity index (χ0v) is 22.0. The van der Waals surface area contributed by atoms with E-state index < -0.39 is 37.0 Å². The summed E-state index contributed by atoms with van der Waals surface area (Å²) in [6.07, 6.45) is -5.30. The number of carbonyl (C=O) groups excluding carboxylic acids is 1. The number of carbonyl (C=O) groups is 1. The topological polar surface area (TPSA) is 102 Å². The summed E-state index contributed by atoms with van der Waals surface area (Å²) in [5, 5.41) is 22.7. The third-order valence-electron chi connectivity index (χ3n) is 7.20. The molecule has 4 rings (SSSR count). The van der Waals surface area contributed by atoms with E-state index in [1.165, 1.54) is 6.33 Å². The molecule has 2 heterocycles. The monoisotopic (exact) mass is 585 g/mol. The number of alkyl halides is 3. The molecule has 1 aliphatic heterocycles. The van der Waals surface area contributed by atoms with E-state index in [4.69, 9.17) is 0 Å². The van der Waals surface area contributed by atoms with Gasteiger partial charge >= 0.3 is 6.18 Å². The Labute approximate surface area is 222 Å². The Kier molecular flexibility index (Phi) is 8.85. The van der Waals surface area contributed by atoms with Gasteiger partial charge in [-0.2, -0.15) is 13.2 Å². The predicted octanol–water partition coefficient (Wildman–Crippen LogP) is 3.11. The van der Waals surface area contributed by atoms with E-state index in [0.717, 1.165) is 27.7 Å². The van der Waals surface area contributed by atoms with Crippen LogP contribution in [-0.4, -0.2) is 82.5 Å². The highest BCUT2D eigenvalue weighted by atomic mass is 79.9. The number of fused-ring (bicyclic) bond motifs is 1. The van der Waals surface area contributed by atoms with E-state index in [0.29, 0.717) is 38.3 Å². The second-order valence-electron chi connectivity index (χ2n) is 9.68. The maximum atomic E-state index is 13.0. The Hall–Kier alpha value is -2.12. The number of aldehydes is 1. The Morgan fingerprint density at radius 3 is 2.49 bits per heavy atom. The number of rotatable bonds is 9. The van der Waals surface area contributed by atoms with Crippen LogP contribution in [0.15, 0.2) is 35.1 Å². The molecule has 0 spiro atoms. The lowest BCUT2D eigenvalue weighted by atomic mass is 9.95. The van der Waals surface area contributed by atoms with Gasteiger partial charge in [0.1, 0.15) is 18.4 Å². The van der Waals surface area contributed by atoms with Crippen LogP contribution < -0.4 is 10.2 Å². The minimum absolute atomic E-state index is 0.122. The highest BCUT2D eigenvalue weighted by molar-refractivity contribution is 9.10. The van der Waals surface area contributed by atoms with Crippen molar-refractivity contribution in [3.05, 3.63) is 51.9 Å². The number of anilines is 1. The molecule has 0 amide bonds. The smallest absolute Gasteiger partial charge is 0.387 e. The van der Waals surface area contributed by atoms with Crippen molar-refractivity contribution in [1.82, 2.24) is 20.2 Å². The van der Waals surface area contributed by atoms with E-state index in [2.05, 4.69) is 36.1 Å². The minimum atomic E-state index is -4.74. The van der Waals surface area contributed by atoms with Crippen LogP contribution in [0.25, 0.3) is 0 Å². The first-order valence-corrected chi connectivity index (χ1v) is 13.1. The molecule has 1 fully saturated rings. The fraction of sp³-hybridized carbons (Fsp3) is 0.560. The van der Waals surface area contributed by atoms with Crippen molar-refractivity contribution >= 4 is 28.0 Å². The number of benzene rings is 1. The molecule has 1 aromatic carbocycles. The number of piperazine rings is 1. The predicted molar refractivity (Wildman–Crippen MR) is 135 cm³/mol. The molecular weight excluding hydrogens is 555 g/mol. The summed E-state index contributed by atoms with van der Waals surface area (Å²) in [5.41, 5.74) is 2.37. The molecule has 2 unspecified atom stereocenters. The molecule has 37 heavy (non-hydrogen) atoms. The highest BCUT2D eigenvalue weighted by Crippen LogP contribution is 2.42. The van der Waals surface area contributed by atoms with Crippen LogP contribution in [0.3, 0.4) is 0 Å². The second-order valence-corrected chi connectivity index (χ2v) is 10.6. The van der Waals surface area contributed by atoms with Crippen molar-refractivity contribution in [2.45, 2.75) is 56.2 Å². The minimum Gasteiger partial charge on any atom is -0.387 e. The van der Waals surface area contributed by atoms with Crippen molar-refractivity contribution in [3.63, 3.8) is 0 Å². The number of aliphatic hydroxyl groups excluding tert-OH is 2. The SMILES string of the molecule is C[C@@H]1C[C@@H](O)c2ncnc(N3CCN(C(C[C@@H](C=O)c4ccc(Br)cc4)NCC(O)C(F)(F)F)CC3)c21. The average Bonchev–Trinajstić information content (AvgIpc) is 3.17. The van der Waals surface area contributed by atoms with Crippen LogP contribution in [-0.2, 0) is 4.79 Å². The van der Waals surface area contributed by atoms with Crippen LogP contribution >= 0.6 is 15.9 Å². The number of hydrogen-bond acceptors (Lipinski definition) is 8. The second kappa shape index (κ2) is 11.7. The van der Waals surface area contributed by atoms with Crippen LogP contribution in [0, 0.1) is 0 Å². The third-order valence-corrected chi connectivity index (χ3v) is 7.73. The van der Waals surface area contributed by atoms with Gasteiger partial charge in [0.05, 0.1) is 18.0 Å². The molecule has 0 saturated carbocycles. The van der Waals surface area contributed by atoms with Gasteiger partial charge in [0.2, 0.25) is 0 Å². The van der Waals surface area contributed by atoms with E-state index >= 15 is 0 Å². The largest absolute Gasteiger partial charge is 0.415 e. The molecule has 2 aliphatic rings. The summed E-state index contributed by atoms with van der Waals surface area (Å²) in [7, 11) is 0. The highest BCUT2D eigenvalue weighted by Gasteiger charge is 2.39. The molecule has 5 atom stereocenters. The van der Waals surface area contributed by atoms with E-state index in [1.54, 1.807) is 0 Å². The lowest BCUT2D eigenvalue weighted by Gasteiger charge is -2.41. The normalized spacial score (nSPS) is 22.9. The molecule has 0 radical (unpaired) electrons. The van der Waals surface area contributed by atoms with Gasteiger partial charge in [-0.3, -0.25) is 10.2 Å². The third kappa shape index (κ3) is 6.48. The quantitative estimate of drug-likeness (QED) is 0.386. The summed E-state index contributed by atoms with van der Waals surface area (Å²) < 4.78 is 39.8. The molecule has 202 valence electrons. The van der Waals surface area contributed by atoms with E-state index in [9.17, 15) is 28.2 Å². The number of nitrogens with zero attached hydrogens (tertiary/aromatic N) is 4. The van der Waals surface area contributed by atoms with Crippen LogP contribution in [0.4, 0.5) is 19.0 Å². The fourth-order valence-corrected chi connectivity index (χ4v) is 5.41. The van der Waals surface area contributed by atoms with Crippen LogP contribution in [0.2, 0.25) is 0 Å². The van der Waals surface area contributed by atoms with Gasteiger partial charge in [0, 0.05) is 48.7 Å². The first kappa shape index (κ1) is 27.9. The maximum absolute atomic E-state index is 13.0. The van der Waals surface area contributed by atoms with Crippen molar-refractivity contribution in [1.29, 1.82) is 0 Å². The number of aromatic nitrogens is 2. The van der Waals surface area contributed by atoms with Gasteiger partial charge in [-0.15, -0.1) is 0 Å². The molecule has 0 bridgehead atoms. The Morgan fingerprint density at radius 1 is 1.19 bits per heavy atom. The Morgan fingerprint density at radius 2 is 1.86 bits per heavy atom. The first-order valence-electron chi connectivity index (χ1n) is 12.3. The van der Waals surface area contributed by atoms with E-state index in [1.807, 2.05) is 36.1 Å². The zero-order chi connectivity index (χ0) is 26.7. The molecule has 3 N–H and O–H groups in total. The summed E-state index contributed by atoms with van der Waals surface area (Å²) in [6, 6.07) is 7.26. The van der Waals surface area contributed by atoms with Gasteiger partial charge in [-0.1, -0.05) is 35.0 Å². The van der Waals surface area contributed by atoms with Gasteiger partial charge in [-0.25, -0.2) is 9.97 Å². The van der Waals surface area contributed by atoms with Gasteiger partial charge in [0.25, 0.3) is 0 Å². The number of halogens is 4. The molecule has 1 saturated heterocycles. The van der Waals surface area contributed by atoms with E-state index in [-0.39, 0.29) is 12.3 Å². The molecule has 12 heteroatoms. The Balaban J connectivity index is 1.48. The number of nitrogens with one attached hydrogen (secondary N) is 1. The van der Waals surface area contributed by atoms with Gasteiger partial charge in [-0.05, 0) is 36.5 Å². The average molecular weight is 586 g/mol. The summed E-state index contributed by atoms with van der Waals surface area (Å²) in [6.45, 7) is 3.52. The summed E-state index contributed by atoms with van der Waals surface area (Å²) >= 11 is 3.37. The molecule has 1 aliphatic carbocycles. The van der Waals surface area contributed by atoms with Crippen molar-refractivity contribution in [2.75, 3.05) is 37.6 Å². The zero-order valence-electron chi connectivity index (χ0n) is 20.4. The first-order chi connectivity index (χ1) is 17.6. The molecular formula is C25H31BrF3N5O3. The molecule has 2 aromatic rings. The van der Waals surface area contributed by atoms with Gasteiger partial charge < -0.3 is 19.9 Å². The van der Waals surface area contributed by atoms with Crippen molar-refractivity contribution < 1.29 is 28.2 Å². The lowest BCUT2D eigenvalue weighted by Crippen LogP contribution is -2.57. The number of hydrogen-bond donors (Lipinski definition) is 3. The van der Waals surface area contributed by atoms with Gasteiger partial charge in [0.15, 0.2) is 6.10 Å². The van der Waals surface area contributed by atoms with Crippen LogP contribution in [0.1, 0.15) is 54.5 Å². The fourth-order valence-electron chi connectivity index (χ4n) is 5.15. The van der Waals surface area contributed by atoms with Crippen molar-refractivity contribution in [3.8, 4) is 0 Å².